The van der Waals surface area contributed by atoms with Gasteiger partial charge in [-0.3, -0.25) is 14.0 Å². The summed E-state index contributed by atoms with van der Waals surface area (Å²) < 4.78 is 1.64. The Morgan fingerprint density at radius 2 is 1.89 bits per heavy atom. The van der Waals surface area contributed by atoms with Crippen LogP contribution in [0.5, 0.6) is 0 Å². The summed E-state index contributed by atoms with van der Waals surface area (Å²) in [5.74, 6) is -0.452. The Bertz CT molecular complexity index is 1010. The van der Waals surface area contributed by atoms with Gasteiger partial charge in [0.25, 0.3) is 11.8 Å². The predicted octanol–water partition coefficient (Wildman–Crippen LogP) is 3.73. The van der Waals surface area contributed by atoms with E-state index in [-0.39, 0.29) is 29.4 Å². The minimum absolute atomic E-state index is 0.0326. The number of carbonyl (C=O) groups is 2. The van der Waals surface area contributed by atoms with E-state index >= 15 is 0 Å². The number of aryl methyl sites for hydroxylation is 1. The van der Waals surface area contributed by atoms with Gasteiger partial charge in [0, 0.05) is 17.9 Å². The largest absolute Gasteiger partial charge is 0.348 e. The number of benzene rings is 1. The predicted molar refractivity (Wildman–Crippen MR) is 106 cm³/mol. The van der Waals surface area contributed by atoms with Crippen LogP contribution in [0.2, 0.25) is 0 Å². The molecule has 1 atom stereocenters. The van der Waals surface area contributed by atoms with Gasteiger partial charge in [-0.25, -0.2) is 4.98 Å². The highest BCUT2D eigenvalue weighted by Gasteiger charge is 2.22. The summed E-state index contributed by atoms with van der Waals surface area (Å²) in [6.07, 6.45) is 2.55. The van der Waals surface area contributed by atoms with Crippen LogP contribution in [0.25, 0.3) is 5.52 Å². The minimum atomic E-state index is -0.354. The number of hydrogen-bond donors (Lipinski definition) is 2. The van der Waals surface area contributed by atoms with Crippen LogP contribution in [0.3, 0.4) is 0 Å². The van der Waals surface area contributed by atoms with Gasteiger partial charge in [-0.2, -0.15) is 0 Å². The molecular weight excluding hydrogens is 340 g/mol. The third-order valence-corrected chi connectivity index (χ3v) is 4.81. The molecule has 0 saturated carbocycles. The lowest BCUT2D eigenvalue weighted by molar-refractivity contribution is 0.0936. The van der Waals surface area contributed by atoms with E-state index in [1.807, 2.05) is 52.0 Å². The van der Waals surface area contributed by atoms with Crippen LogP contribution in [-0.4, -0.2) is 27.2 Å². The van der Waals surface area contributed by atoms with E-state index < -0.39 is 0 Å². The minimum Gasteiger partial charge on any atom is -0.348 e. The number of nitrogens with one attached hydrogen (secondary N) is 2. The summed E-state index contributed by atoms with van der Waals surface area (Å²) >= 11 is 0. The van der Waals surface area contributed by atoms with Crippen LogP contribution in [0.15, 0.2) is 42.6 Å². The molecule has 0 aliphatic rings. The summed E-state index contributed by atoms with van der Waals surface area (Å²) in [5.41, 5.74) is 3.68. The summed E-state index contributed by atoms with van der Waals surface area (Å²) in [4.78, 5) is 29.8. The lowest BCUT2D eigenvalue weighted by atomic mass is 10.1. The Morgan fingerprint density at radius 3 is 2.63 bits per heavy atom. The van der Waals surface area contributed by atoms with Crippen molar-refractivity contribution < 1.29 is 9.59 Å². The molecule has 3 aromatic rings. The van der Waals surface area contributed by atoms with Crippen LogP contribution < -0.4 is 10.6 Å². The van der Waals surface area contributed by atoms with Crippen molar-refractivity contribution in [3.05, 3.63) is 65.2 Å². The number of aromatic nitrogens is 2. The van der Waals surface area contributed by atoms with Gasteiger partial charge in [0.1, 0.15) is 0 Å². The monoisotopic (exact) mass is 364 g/mol. The van der Waals surface area contributed by atoms with Gasteiger partial charge in [0.15, 0.2) is 5.69 Å². The number of nitrogens with zero attached hydrogens (tertiary/aromatic N) is 2. The number of pyridine rings is 1. The van der Waals surface area contributed by atoms with Gasteiger partial charge >= 0.3 is 0 Å². The van der Waals surface area contributed by atoms with Gasteiger partial charge in [0.2, 0.25) is 5.82 Å². The highest BCUT2D eigenvalue weighted by molar-refractivity contribution is 6.06. The molecule has 0 aliphatic heterocycles. The fourth-order valence-corrected chi connectivity index (χ4v) is 2.82. The molecule has 6 nitrogen and oxygen atoms in total. The molecule has 2 amide bonds. The summed E-state index contributed by atoms with van der Waals surface area (Å²) in [7, 11) is 0. The van der Waals surface area contributed by atoms with Crippen molar-refractivity contribution in [2.24, 2.45) is 0 Å². The van der Waals surface area contributed by atoms with Crippen molar-refractivity contribution >= 4 is 23.0 Å². The van der Waals surface area contributed by atoms with Crippen LogP contribution in [-0.2, 0) is 0 Å². The SMILES string of the molecule is CCC(C)NC(=O)c1nc(C(=O)Nc2cccc(C)c2C)n2ccccc12. The molecule has 0 bridgehead atoms. The number of imidazole rings is 1. The Balaban J connectivity index is 1.98. The summed E-state index contributed by atoms with van der Waals surface area (Å²) in [6, 6.07) is 11.2. The lowest BCUT2D eigenvalue weighted by Gasteiger charge is -2.09. The first-order chi connectivity index (χ1) is 12.9. The van der Waals surface area contributed by atoms with Crippen LogP contribution in [0.1, 0.15) is 52.5 Å². The van der Waals surface area contributed by atoms with E-state index in [0.717, 1.165) is 23.2 Å². The van der Waals surface area contributed by atoms with Crippen molar-refractivity contribution in [3.63, 3.8) is 0 Å². The number of anilines is 1. The highest BCUT2D eigenvalue weighted by atomic mass is 16.2. The van der Waals surface area contributed by atoms with Gasteiger partial charge in [-0.1, -0.05) is 25.1 Å². The maximum Gasteiger partial charge on any atom is 0.292 e. The number of fused-ring (bicyclic) bond motifs is 1. The lowest BCUT2D eigenvalue weighted by Crippen LogP contribution is -2.32. The Kier molecular flexibility index (Phi) is 5.26. The van der Waals surface area contributed by atoms with Crippen LogP contribution >= 0.6 is 0 Å². The standard InChI is InChI=1S/C21H24N4O2/c1-5-14(3)22-20(26)18-17-11-6-7-12-25(17)19(24-18)21(27)23-16-10-8-9-13(2)15(16)4/h6-12,14H,5H2,1-4H3,(H,22,26)(H,23,27). The van der Waals surface area contributed by atoms with Crippen molar-refractivity contribution in [3.8, 4) is 0 Å². The maximum atomic E-state index is 12.9. The smallest absolute Gasteiger partial charge is 0.292 e. The number of amides is 2. The molecule has 1 unspecified atom stereocenters. The molecular formula is C21H24N4O2. The third kappa shape index (κ3) is 3.69. The van der Waals surface area contributed by atoms with Crippen molar-refractivity contribution in [2.45, 2.75) is 40.2 Å². The zero-order valence-electron chi connectivity index (χ0n) is 16.0. The molecule has 0 aliphatic carbocycles. The second-order valence-corrected chi connectivity index (χ2v) is 6.72. The van der Waals surface area contributed by atoms with Gasteiger partial charge in [0.05, 0.1) is 5.52 Å². The highest BCUT2D eigenvalue weighted by Crippen LogP contribution is 2.20. The molecule has 0 spiro atoms. The molecule has 27 heavy (non-hydrogen) atoms. The van der Waals surface area contributed by atoms with Gasteiger partial charge in [-0.15, -0.1) is 0 Å². The Morgan fingerprint density at radius 1 is 1.11 bits per heavy atom. The van der Waals surface area contributed by atoms with E-state index in [2.05, 4.69) is 15.6 Å². The van der Waals surface area contributed by atoms with E-state index in [1.165, 1.54) is 0 Å². The Labute approximate surface area is 158 Å². The van der Waals surface area contributed by atoms with Gasteiger partial charge < -0.3 is 10.6 Å². The van der Waals surface area contributed by atoms with E-state index in [4.69, 9.17) is 0 Å². The second-order valence-electron chi connectivity index (χ2n) is 6.72. The molecule has 2 aromatic heterocycles. The first-order valence-electron chi connectivity index (χ1n) is 9.07. The van der Waals surface area contributed by atoms with Crippen LogP contribution in [0.4, 0.5) is 5.69 Å². The van der Waals surface area contributed by atoms with Crippen molar-refractivity contribution in [1.82, 2.24) is 14.7 Å². The van der Waals surface area contributed by atoms with E-state index in [0.29, 0.717) is 5.52 Å². The van der Waals surface area contributed by atoms with Crippen molar-refractivity contribution in [2.75, 3.05) is 5.32 Å². The number of hydrogen-bond acceptors (Lipinski definition) is 3. The van der Waals surface area contributed by atoms with E-state index in [1.54, 1.807) is 22.7 Å². The molecule has 140 valence electrons. The molecule has 0 fully saturated rings. The van der Waals surface area contributed by atoms with Crippen LogP contribution in [0, 0.1) is 13.8 Å². The average Bonchev–Trinajstić information content (AvgIpc) is 3.05. The normalized spacial score (nSPS) is 12.0. The molecule has 1 aromatic carbocycles. The summed E-state index contributed by atoms with van der Waals surface area (Å²) in [6.45, 7) is 7.89. The molecule has 2 N–H and O–H groups in total. The van der Waals surface area contributed by atoms with Gasteiger partial charge in [-0.05, 0) is 56.5 Å². The Hall–Kier alpha value is -3.15. The quantitative estimate of drug-likeness (QED) is 0.724. The first-order valence-corrected chi connectivity index (χ1v) is 9.07. The fourth-order valence-electron chi connectivity index (χ4n) is 2.82. The zero-order valence-corrected chi connectivity index (χ0v) is 16.0. The topological polar surface area (TPSA) is 75.5 Å². The zero-order chi connectivity index (χ0) is 19.6. The van der Waals surface area contributed by atoms with Crippen molar-refractivity contribution in [1.29, 1.82) is 0 Å². The molecule has 2 heterocycles. The first kappa shape index (κ1) is 18.6. The van der Waals surface area contributed by atoms with E-state index in [9.17, 15) is 9.59 Å². The molecule has 6 heteroatoms. The maximum absolute atomic E-state index is 12.9. The number of carbonyl (C=O) groups excluding carboxylic acids is 2. The fraction of sp³-hybridized carbons (Fsp3) is 0.286. The second kappa shape index (κ2) is 7.61. The molecule has 0 radical (unpaired) electrons. The average molecular weight is 364 g/mol. The number of rotatable bonds is 5. The third-order valence-electron chi connectivity index (χ3n) is 4.81. The molecule has 0 saturated heterocycles. The summed E-state index contributed by atoms with van der Waals surface area (Å²) in [5, 5.41) is 5.82. The molecule has 3 rings (SSSR count).